The van der Waals surface area contributed by atoms with Gasteiger partial charge in [0.25, 0.3) is 0 Å². The van der Waals surface area contributed by atoms with Gasteiger partial charge in [0.1, 0.15) is 10.6 Å². The summed E-state index contributed by atoms with van der Waals surface area (Å²) < 4.78 is 0. The first kappa shape index (κ1) is 14.6. The first-order valence-corrected chi connectivity index (χ1v) is 8.97. The molecule has 1 aliphatic rings. The van der Waals surface area contributed by atoms with Crippen LogP contribution in [0.5, 0.6) is 0 Å². The Kier molecular flexibility index (Phi) is 4.58. The fraction of sp³-hybridized carbons (Fsp3) is 0.625. The van der Waals surface area contributed by atoms with Gasteiger partial charge in [-0.05, 0) is 37.6 Å². The van der Waals surface area contributed by atoms with E-state index >= 15 is 0 Å². The van der Waals surface area contributed by atoms with Crippen LogP contribution in [0.4, 0.5) is 11.8 Å². The zero-order valence-corrected chi connectivity index (χ0v) is 13.7. The molecule has 1 saturated carbocycles. The predicted octanol–water partition coefficient (Wildman–Crippen LogP) is 4.28. The number of fused-ring (bicyclic) bond motifs is 1. The van der Waals surface area contributed by atoms with Gasteiger partial charge < -0.3 is 10.2 Å². The molecule has 5 heteroatoms. The zero-order chi connectivity index (χ0) is 14.7. The summed E-state index contributed by atoms with van der Waals surface area (Å²) in [7, 11) is 0. The zero-order valence-electron chi connectivity index (χ0n) is 12.9. The second kappa shape index (κ2) is 6.60. The minimum Gasteiger partial charge on any atom is -0.354 e. The van der Waals surface area contributed by atoms with Crippen molar-refractivity contribution in [2.75, 3.05) is 23.3 Å². The van der Waals surface area contributed by atoms with Crippen molar-refractivity contribution < 1.29 is 0 Å². The van der Waals surface area contributed by atoms with Gasteiger partial charge in [-0.2, -0.15) is 4.98 Å². The first-order valence-electron chi connectivity index (χ1n) is 8.09. The highest BCUT2D eigenvalue weighted by atomic mass is 32.1. The lowest BCUT2D eigenvalue weighted by molar-refractivity contribution is 0.615. The highest BCUT2D eigenvalue weighted by molar-refractivity contribution is 7.16. The van der Waals surface area contributed by atoms with E-state index in [1.807, 2.05) is 0 Å². The molecule has 0 atom stereocenters. The number of aromatic nitrogens is 2. The molecule has 2 heterocycles. The van der Waals surface area contributed by atoms with Gasteiger partial charge in [-0.1, -0.05) is 19.8 Å². The first-order chi connectivity index (χ1) is 10.3. The highest BCUT2D eigenvalue weighted by Crippen LogP contribution is 2.33. The van der Waals surface area contributed by atoms with Crippen LogP contribution in [-0.2, 0) is 0 Å². The predicted molar refractivity (Wildman–Crippen MR) is 91.5 cm³/mol. The summed E-state index contributed by atoms with van der Waals surface area (Å²) in [5.74, 6) is 1.90. The van der Waals surface area contributed by atoms with Crippen molar-refractivity contribution in [1.82, 2.24) is 9.97 Å². The molecule has 21 heavy (non-hydrogen) atoms. The summed E-state index contributed by atoms with van der Waals surface area (Å²) in [6, 6.07) is 2.81. The molecule has 1 fully saturated rings. The van der Waals surface area contributed by atoms with Gasteiger partial charge in [-0.25, -0.2) is 4.98 Å². The standard InChI is InChI=1S/C16H24N4S/c1-3-10-17-16-18-14(13-9-11-21-15(13)19-16)20(4-2)12-7-5-6-8-12/h9,11-12H,3-8,10H2,1-2H3,(H,17,18,19). The smallest absolute Gasteiger partial charge is 0.226 e. The summed E-state index contributed by atoms with van der Waals surface area (Å²) in [6.45, 7) is 6.33. The molecule has 1 aliphatic carbocycles. The van der Waals surface area contributed by atoms with Crippen molar-refractivity contribution in [2.24, 2.45) is 0 Å². The Morgan fingerprint density at radius 3 is 2.81 bits per heavy atom. The lowest BCUT2D eigenvalue weighted by Crippen LogP contribution is -2.34. The number of nitrogens with one attached hydrogen (secondary N) is 1. The number of anilines is 2. The van der Waals surface area contributed by atoms with Crippen molar-refractivity contribution in [3.8, 4) is 0 Å². The van der Waals surface area contributed by atoms with Gasteiger partial charge >= 0.3 is 0 Å². The number of rotatable bonds is 6. The average Bonchev–Trinajstić information content (AvgIpc) is 3.16. The molecule has 0 radical (unpaired) electrons. The molecular weight excluding hydrogens is 280 g/mol. The highest BCUT2D eigenvalue weighted by Gasteiger charge is 2.24. The van der Waals surface area contributed by atoms with E-state index in [9.17, 15) is 0 Å². The van der Waals surface area contributed by atoms with Crippen molar-refractivity contribution >= 4 is 33.3 Å². The minimum atomic E-state index is 0.645. The van der Waals surface area contributed by atoms with Gasteiger partial charge in [0, 0.05) is 19.1 Å². The molecule has 2 aromatic rings. The van der Waals surface area contributed by atoms with Crippen LogP contribution < -0.4 is 10.2 Å². The Morgan fingerprint density at radius 1 is 1.29 bits per heavy atom. The second-order valence-corrected chi connectivity index (χ2v) is 6.56. The summed E-state index contributed by atoms with van der Waals surface area (Å²) in [4.78, 5) is 13.1. The van der Waals surface area contributed by atoms with E-state index in [4.69, 9.17) is 4.98 Å². The molecule has 0 bridgehead atoms. The van der Waals surface area contributed by atoms with Crippen molar-refractivity contribution in [3.63, 3.8) is 0 Å². The average molecular weight is 304 g/mol. The van der Waals surface area contributed by atoms with E-state index in [-0.39, 0.29) is 0 Å². The molecular formula is C16H24N4S. The summed E-state index contributed by atoms with van der Waals surface area (Å²) in [5.41, 5.74) is 0. The topological polar surface area (TPSA) is 41.1 Å². The van der Waals surface area contributed by atoms with E-state index in [0.717, 1.165) is 36.1 Å². The van der Waals surface area contributed by atoms with E-state index < -0.39 is 0 Å². The van der Waals surface area contributed by atoms with Crippen LogP contribution in [0.25, 0.3) is 10.2 Å². The van der Waals surface area contributed by atoms with Crippen LogP contribution in [0.3, 0.4) is 0 Å². The van der Waals surface area contributed by atoms with Gasteiger partial charge in [0.05, 0.1) is 5.39 Å². The van der Waals surface area contributed by atoms with Crippen LogP contribution >= 0.6 is 11.3 Å². The van der Waals surface area contributed by atoms with E-state index in [0.29, 0.717) is 6.04 Å². The third-order valence-electron chi connectivity index (χ3n) is 4.22. The summed E-state index contributed by atoms with van der Waals surface area (Å²) in [5, 5.41) is 6.67. The molecule has 0 saturated heterocycles. The fourth-order valence-electron chi connectivity index (χ4n) is 3.17. The number of thiophene rings is 1. The number of hydrogen-bond acceptors (Lipinski definition) is 5. The van der Waals surface area contributed by atoms with Crippen molar-refractivity contribution in [1.29, 1.82) is 0 Å². The Labute approximate surface area is 130 Å². The lowest BCUT2D eigenvalue weighted by Gasteiger charge is -2.29. The Hall–Kier alpha value is -1.36. The monoisotopic (exact) mass is 304 g/mol. The molecule has 0 aromatic carbocycles. The minimum absolute atomic E-state index is 0.645. The molecule has 114 valence electrons. The van der Waals surface area contributed by atoms with Crippen molar-refractivity contribution in [2.45, 2.75) is 52.0 Å². The molecule has 0 spiro atoms. The van der Waals surface area contributed by atoms with Crippen LogP contribution in [0.2, 0.25) is 0 Å². The Bertz CT molecular complexity index is 589. The van der Waals surface area contributed by atoms with Gasteiger partial charge in [0.15, 0.2) is 0 Å². The molecule has 3 rings (SSSR count). The molecule has 0 unspecified atom stereocenters. The third kappa shape index (κ3) is 2.98. The second-order valence-electron chi connectivity index (χ2n) is 5.66. The third-order valence-corrected chi connectivity index (χ3v) is 5.02. The van der Waals surface area contributed by atoms with Crippen LogP contribution in [0, 0.1) is 0 Å². The van der Waals surface area contributed by atoms with E-state index in [2.05, 4.69) is 40.5 Å². The molecule has 2 aromatic heterocycles. The maximum Gasteiger partial charge on any atom is 0.226 e. The van der Waals surface area contributed by atoms with Gasteiger partial charge in [0.2, 0.25) is 5.95 Å². The van der Waals surface area contributed by atoms with Crippen LogP contribution in [-0.4, -0.2) is 29.1 Å². The quantitative estimate of drug-likeness (QED) is 0.864. The number of nitrogens with zero attached hydrogens (tertiary/aromatic N) is 3. The van der Waals surface area contributed by atoms with Gasteiger partial charge in [-0.3, -0.25) is 0 Å². The van der Waals surface area contributed by atoms with E-state index in [1.54, 1.807) is 11.3 Å². The number of hydrogen-bond donors (Lipinski definition) is 1. The van der Waals surface area contributed by atoms with Crippen molar-refractivity contribution in [3.05, 3.63) is 11.4 Å². The Balaban J connectivity index is 1.99. The molecule has 0 aliphatic heterocycles. The van der Waals surface area contributed by atoms with Crippen LogP contribution in [0.1, 0.15) is 46.0 Å². The molecule has 0 amide bonds. The largest absolute Gasteiger partial charge is 0.354 e. The summed E-state index contributed by atoms with van der Waals surface area (Å²) >= 11 is 1.70. The van der Waals surface area contributed by atoms with E-state index in [1.165, 1.54) is 31.1 Å². The molecule has 4 nitrogen and oxygen atoms in total. The van der Waals surface area contributed by atoms with Gasteiger partial charge in [-0.15, -0.1) is 11.3 Å². The Morgan fingerprint density at radius 2 is 2.10 bits per heavy atom. The lowest BCUT2D eigenvalue weighted by atomic mass is 10.2. The maximum atomic E-state index is 4.84. The summed E-state index contributed by atoms with van der Waals surface area (Å²) in [6.07, 6.45) is 6.36. The normalized spacial score (nSPS) is 15.7. The SMILES string of the molecule is CCCNc1nc(N(CC)C2CCCC2)c2ccsc2n1. The molecule has 1 N–H and O–H groups in total. The van der Waals surface area contributed by atoms with Crippen LogP contribution in [0.15, 0.2) is 11.4 Å². The fourth-order valence-corrected chi connectivity index (χ4v) is 3.93. The maximum absolute atomic E-state index is 4.84.